The quantitative estimate of drug-likeness (QED) is 0.267. The minimum Gasteiger partial charge on any atom is -0.545 e. The number of carbonyl (C=O) groups excluding carboxylic acids is 4. The minimum atomic E-state index is -1.41. The van der Waals surface area contributed by atoms with Gasteiger partial charge in [-0.2, -0.15) is 0 Å². The molecule has 2 saturated heterocycles. The van der Waals surface area contributed by atoms with Crippen LogP contribution >= 0.6 is 11.8 Å². The molecule has 1 amide bonds. The first-order valence-corrected chi connectivity index (χ1v) is 11.8. The molecule has 3 N–H and O–H groups in total. The van der Waals surface area contributed by atoms with Crippen LogP contribution in [0.1, 0.15) is 36.2 Å². The van der Waals surface area contributed by atoms with Gasteiger partial charge in [0.1, 0.15) is 6.04 Å². The minimum absolute atomic E-state index is 0. The molecule has 2 fully saturated rings. The van der Waals surface area contributed by atoms with Crippen LogP contribution in [0.25, 0.3) is 0 Å². The molecule has 0 bridgehead atoms. The topological polar surface area (TPSA) is 154 Å². The van der Waals surface area contributed by atoms with E-state index in [4.69, 9.17) is 0 Å². The van der Waals surface area contributed by atoms with E-state index < -0.39 is 35.9 Å². The van der Waals surface area contributed by atoms with Crippen molar-refractivity contribution < 1.29 is 69.4 Å². The van der Waals surface area contributed by atoms with Crippen LogP contribution in [0.15, 0.2) is 34.9 Å². The second kappa shape index (κ2) is 10.5. The molecule has 3 aliphatic heterocycles. The van der Waals surface area contributed by atoms with E-state index in [9.17, 15) is 34.5 Å². The number of rotatable bonds is 8. The number of carboxylic acids is 2. The van der Waals surface area contributed by atoms with E-state index in [2.05, 4.69) is 0 Å². The van der Waals surface area contributed by atoms with Crippen molar-refractivity contribution in [2.24, 2.45) is 11.8 Å². The molecule has 34 heavy (non-hydrogen) atoms. The average Bonchev–Trinajstić information content (AvgIpc) is 3.30. The number of β-lactam (4-membered cyclic amide) rings is 1. The van der Waals surface area contributed by atoms with Crippen LogP contribution in [-0.4, -0.2) is 63.6 Å². The third kappa shape index (κ3) is 4.84. The monoisotopic (exact) mass is 496 g/mol. The predicted octanol–water partition coefficient (Wildman–Crippen LogP) is -5.58. The number of quaternary nitrogens is 1. The fourth-order valence-corrected chi connectivity index (χ4v) is 6.66. The first kappa shape index (κ1) is 26.9. The molecule has 6 atom stereocenters. The fraction of sp³-hybridized carbons (Fsp3) is 0.478. The number of thioether (sulfide) groups is 1. The summed E-state index contributed by atoms with van der Waals surface area (Å²) in [5.41, 5.74) is 0.508. The van der Waals surface area contributed by atoms with Crippen LogP contribution in [0.2, 0.25) is 0 Å². The summed E-state index contributed by atoms with van der Waals surface area (Å²) in [4.78, 5) is 49.9. The van der Waals surface area contributed by atoms with Gasteiger partial charge in [0.05, 0.1) is 47.5 Å². The van der Waals surface area contributed by atoms with Crippen LogP contribution in [0.5, 0.6) is 0 Å². The van der Waals surface area contributed by atoms with Gasteiger partial charge in [0, 0.05) is 23.7 Å². The maximum atomic E-state index is 12.8. The third-order valence-corrected chi connectivity index (χ3v) is 8.29. The molecule has 176 valence electrons. The van der Waals surface area contributed by atoms with Crippen molar-refractivity contribution in [3.8, 4) is 0 Å². The second-order valence-corrected chi connectivity index (χ2v) is 10.3. The van der Waals surface area contributed by atoms with Crippen molar-refractivity contribution in [1.29, 1.82) is 0 Å². The van der Waals surface area contributed by atoms with E-state index in [-0.39, 0.29) is 70.2 Å². The molecule has 11 heteroatoms. The van der Waals surface area contributed by atoms with Crippen LogP contribution in [0.3, 0.4) is 0 Å². The van der Waals surface area contributed by atoms with Gasteiger partial charge >= 0.3 is 29.6 Å². The standard InChI is InChI=1S/C23H26N2O7S.Na/c1-10-18-17(11(2)26)21(28)25(18)19(23(31)32)20(10)33-14-8-15(24-9-14)16(27)7-12-4-3-5-13(6-12)22(29)30;/h3-6,10-11,14-15,17-18,24,26H,7-9H2,1-2H3,(H,29,30)(H,31,32);/q;+1/p-1/t10-,11-,14+,15+,17-,18-;/m1./s1. The number of nitrogens with two attached hydrogens (primary N) is 1. The fourth-order valence-electron chi connectivity index (χ4n) is 5.14. The summed E-state index contributed by atoms with van der Waals surface area (Å²) in [6, 6.07) is 5.41. The second-order valence-electron chi connectivity index (χ2n) is 8.94. The van der Waals surface area contributed by atoms with Crippen molar-refractivity contribution in [3.05, 3.63) is 46.0 Å². The first-order valence-electron chi connectivity index (χ1n) is 10.9. The first-order chi connectivity index (χ1) is 15.6. The molecule has 3 aliphatic rings. The van der Waals surface area contributed by atoms with Gasteiger partial charge in [0.25, 0.3) is 0 Å². The summed E-state index contributed by atoms with van der Waals surface area (Å²) in [5.74, 6) is -4.02. The largest absolute Gasteiger partial charge is 1.00 e. The molecule has 1 aromatic carbocycles. The normalized spacial score (nSPS) is 28.7. The number of carbonyl (C=O) groups is 4. The number of aliphatic hydroxyl groups excluding tert-OH is 1. The van der Waals surface area contributed by atoms with Crippen LogP contribution in [-0.2, 0) is 20.8 Å². The number of hydrogen-bond acceptors (Lipinski definition) is 8. The molecule has 1 aromatic rings. The van der Waals surface area contributed by atoms with Crippen LogP contribution < -0.4 is 45.1 Å². The molecular formula is C23H25N2NaO7S. The molecule has 3 heterocycles. The third-order valence-electron chi connectivity index (χ3n) is 6.75. The number of Topliss-reactive ketones (excluding diaryl/α,β-unsaturated/α-hetero) is 1. The average molecular weight is 497 g/mol. The Balaban J connectivity index is 0.00000324. The SMILES string of the molecule is C[C@@H](O)[C@H]1C(=O)N2C(C(=O)[O-])=C(S[C@@H]3C[NH2+][C@H](C(=O)Cc4cccc(C(=O)[O-])c4)C3)[C@H](C)[C@H]12.[Na+]. The van der Waals surface area contributed by atoms with E-state index in [0.717, 1.165) is 0 Å². The van der Waals surface area contributed by atoms with Gasteiger partial charge in [-0.05, 0) is 24.1 Å². The molecular weight excluding hydrogens is 471 g/mol. The Morgan fingerprint density at radius 2 is 1.97 bits per heavy atom. The number of aliphatic carboxylic acids is 1. The van der Waals surface area contributed by atoms with Crippen molar-refractivity contribution in [1.82, 2.24) is 4.90 Å². The summed E-state index contributed by atoms with van der Waals surface area (Å²) in [7, 11) is 0. The molecule has 9 nitrogen and oxygen atoms in total. The molecule has 0 saturated carbocycles. The van der Waals surface area contributed by atoms with Gasteiger partial charge in [0.15, 0.2) is 5.78 Å². The molecule has 0 spiro atoms. The van der Waals surface area contributed by atoms with E-state index in [1.54, 1.807) is 12.1 Å². The maximum absolute atomic E-state index is 12.8. The molecule has 0 unspecified atom stereocenters. The van der Waals surface area contributed by atoms with Crippen LogP contribution in [0.4, 0.5) is 0 Å². The Kier molecular flexibility index (Phi) is 8.32. The van der Waals surface area contributed by atoms with E-state index in [1.807, 2.05) is 12.2 Å². The molecule has 0 aromatic heterocycles. The summed E-state index contributed by atoms with van der Waals surface area (Å²) in [6.07, 6.45) is -0.243. The van der Waals surface area contributed by atoms with Gasteiger partial charge in [-0.1, -0.05) is 25.1 Å². The number of carboxylic acid groups (broad SMARTS) is 2. The zero-order chi connectivity index (χ0) is 24.0. The Hall–Kier alpha value is -1.69. The zero-order valence-electron chi connectivity index (χ0n) is 19.2. The van der Waals surface area contributed by atoms with Gasteiger partial charge in [0.2, 0.25) is 5.91 Å². The number of fused-ring (bicyclic) bond motifs is 1. The number of hydrogen-bond donors (Lipinski definition) is 2. The van der Waals surface area contributed by atoms with Crippen molar-refractivity contribution in [3.63, 3.8) is 0 Å². The number of amides is 1. The Morgan fingerprint density at radius 1 is 1.26 bits per heavy atom. The van der Waals surface area contributed by atoms with Gasteiger partial charge in [-0.3, -0.25) is 9.59 Å². The maximum Gasteiger partial charge on any atom is 1.00 e. The number of benzene rings is 1. The zero-order valence-corrected chi connectivity index (χ0v) is 22.0. The van der Waals surface area contributed by atoms with Gasteiger partial charge in [-0.15, -0.1) is 11.8 Å². The van der Waals surface area contributed by atoms with Crippen molar-refractivity contribution in [2.75, 3.05) is 6.54 Å². The number of nitrogens with zero attached hydrogens (tertiary/aromatic N) is 1. The van der Waals surface area contributed by atoms with E-state index in [1.165, 1.54) is 35.7 Å². The molecule has 4 rings (SSSR count). The number of aromatic carboxylic acids is 1. The van der Waals surface area contributed by atoms with Gasteiger partial charge in [-0.25, -0.2) is 0 Å². The van der Waals surface area contributed by atoms with E-state index >= 15 is 0 Å². The van der Waals surface area contributed by atoms with Crippen molar-refractivity contribution >= 4 is 35.4 Å². The molecule has 0 radical (unpaired) electrons. The summed E-state index contributed by atoms with van der Waals surface area (Å²) in [6.45, 7) is 3.99. The summed E-state index contributed by atoms with van der Waals surface area (Å²) < 4.78 is 0. The smallest absolute Gasteiger partial charge is 0.545 e. The van der Waals surface area contributed by atoms with Crippen LogP contribution in [0, 0.1) is 11.8 Å². The number of ketones is 1. The summed E-state index contributed by atoms with van der Waals surface area (Å²) in [5, 5.41) is 34.7. The number of aliphatic hydroxyl groups is 1. The Labute approximate surface area is 223 Å². The Morgan fingerprint density at radius 3 is 2.59 bits per heavy atom. The molecule has 0 aliphatic carbocycles. The van der Waals surface area contributed by atoms with E-state index in [0.29, 0.717) is 23.4 Å². The van der Waals surface area contributed by atoms with Gasteiger partial charge < -0.3 is 35.1 Å². The summed E-state index contributed by atoms with van der Waals surface area (Å²) >= 11 is 1.37. The van der Waals surface area contributed by atoms with Crippen molar-refractivity contribution in [2.45, 2.75) is 50.1 Å². The predicted molar refractivity (Wildman–Crippen MR) is 113 cm³/mol. The Bertz CT molecular complexity index is 1060.